The molecule has 0 saturated carbocycles. The molecule has 0 aliphatic carbocycles. The fourth-order valence-electron chi connectivity index (χ4n) is 4.49. The van der Waals surface area contributed by atoms with Crippen LogP contribution in [0.1, 0.15) is 57.7 Å². The summed E-state index contributed by atoms with van der Waals surface area (Å²) in [4.78, 5) is 32.1. The van der Waals surface area contributed by atoms with E-state index in [0.717, 1.165) is 24.8 Å². The quantitative estimate of drug-likeness (QED) is 0.432. The SMILES string of the molecule is CCCCN(CC(=O)N1CCc2sccc2C1c1ccc(C)cc1)C(=O)c1cccc(OC)c1. The minimum Gasteiger partial charge on any atom is -0.497 e. The molecule has 0 radical (unpaired) electrons. The molecule has 2 aromatic carbocycles. The number of rotatable bonds is 8. The van der Waals surface area contributed by atoms with E-state index in [1.54, 1.807) is 35.5 Å². The van der Waals surface area contributed by atoms with Crippen LogP contribution in [0.25, 0.3) is 0 Å². The Morgan fingerprint density at radius 3 is 2.68 bits per heavy atom. The van der Waals surface area contributed by atoms with Crippen molar-refractivity contribution in [2.45, 2.75) is 39.2 Å². The third kappa shape index (κ3) is 5.17. The van der Waals surface area contributed by atoms with Gasteiger partial charge in [-0.2, -0.15) is 0 Å². The predicted octanol–water partition coefficient (Wildman–Crippen LogP) is 5.48. The number of ether oxygens (including phenoxy) is 1. The largest absolute Gasteiger partial charge is 0.497 e. The lowest BCUT2D eigenvalue weighted by Crippen LogP contribution is -2.47. The number of nitrogens with zero attached hydrogens (tertiary/aromatic N) is 2. The molecule has 1 aliphatic heterocycles. The predicted molar refractivity (Wildman–Crippen MR) is 137 cm³/mol. The van der Waals surface area contributed by atoms with Crippen LogP contribution in [0.15, 0.2) is 60.0 Å². The Bertz CT molecular complexity index is 1140. The summed E-state index contributed by atoms with van der Waals surface area (Å²) >= 11 is 1.76. The Labute approximate surface area is 206 Å². The van der Waals surface area contributed by atoms with Crippen LogP contribution in [-0.4, -0.2) is 48.4 Å². The van der Waals surface area contributed by atoms with Gasteiger partial charge in [0.15, 0.2) is 0 Å². The van der Waals surface area contributed by atoms with Gasteiger partial charge in [-0.15, -0.1) is 11.3 Å². The number of aryl methyl sites for hydroxylation is 1. The zero-order valence-electron chi connectivity index (χ0n) is 20.1. The van der Waals surface area contributed by atoms with Crippen LogP contribution in [-0.2, 0) is 11.2 Å². The van der Waals surface area contributed by atoms with Crippen molar-refractivity contribution >= 4 is 23.2 Å². The first-order valence-electron chi connectivity index (χ1n) is 11.9. The molecule has 0 spiro atoms. The number of methoxy groups -OCH3 is 1. The van der Waals surface area contributed by atoms with Crippen molar-refractivity contribution in [1.82, 2.24) is 9.80 Å². The summed E-state index contributed by atoms with van der Waals surface area (Å²) in [7, 11) is 1.59. The van der Waals surface area contributed by atoms with E-state index in [0.29, 0.717) is 24.4 Å². The lowest BCUT2D eigenvalue weighted by molar-refractivity contribution is -0.134. The van der Waals surface area contributed by atoms with Gasteiger partial charge >= 0.3 is 0 Å². The van der Waals surface area contributed by atoms with Crippen LogP contribution in [0.4, 0.5) is 0 Å². The molecule has 1 atom stereocenters. The summed E-state index contributed by atoms with van der Waals surface area (Å²) in [6, 6.07) is 17.6. The Hall–Kier alpha value is -3.12. The van der Waals surface area contributed by atoms with Crippen molar-refractivity contribution in [2.24, 2.45) is 0 Å². The van der Waals surface area contributed by atoms with E-state index >= 15 is 0 Å². The van der Waals surface area contributed by atoms with Gasteiger partial charge in [-0.1, -0.05) is 49.2 Å². The molecule has 4 rings (SSSR count). The van der Waals surface area contributed by atoms with Crippen molar-refractivity contribution in [3.05, 3.63) is 87.1 Å². The molecule has 34 heavy (non-hydrogen) atoms. The van der Waals surface area contributed by atoms with Gasteiger partial charge in [-0.3, -0.25) is 9.59 Å². The molecular formula is C28H32N2O3S. The van der Waals surface area contributed by atoms with E-state index in [1.807, 2.05) is 17.0 Å². The average Bonchev–Trinajstić information content (AvgIpc) is 3.35. The number of benzene rings is 2. The Balaban J connectivity index is 1.60. The number of thiophene rings is 1. The topological polar surface area (TPSA) is 49.9 Å². The number of carbonyl (C=O) groups is 2. The highest BCUT2D eigenvalue weighted by molar-refractivity contribution is 7.10. The monoisotopic (exact) mass is 476 g/mol. The van der Waals surface area contributed by atoms with Crippen LogP contribution in [0.2, 0.25) is 0 Å². The molecule has 1 aromatic heterocycles. The minimum atomic E-state index is -0.138. The van der Waals surface area contributed by atoms with E-state index in [1.165, 1.54) is 16.0 Å². The highest BCUT2D eigenvalue weighted by Gasteiger charge is 2.34. The van der Waals surface area contributed by atoms with E-state index in [4.69, 9.17) is 4.74 Å². The van der Waals surface area contributed by atoms with Gasteiger partial charge in [0.2, 0.25) is 5.91 Å². The molecular weight excluding hydrogens is 444 g/mol. The van der Waals surface area contributed by atoms with Gasteiger partial charge in [0.25, 0.3) is 5.91 Å². The summed E-state index contributed by atoms with van der Waals surface area (Å²) in [6.07, 6.45) is 2.64. The average molecular weight is 477 g/mol. The number of carbonyl (C=O) groups excluding carboxylic acids is 2. The molecule has 1 aliphatic rings. The lowest BCUT2D eigenvalue weighted by Gasteiger charge is -2.37. The van der Waals surface area contributed by atoms with Crippen LogP contribution in [0.5, 0.6) is 5.75 Å². The lowest BCUT2D eigenvalue weighted by atomic mass is 9.92. The fourth-order valence-corrected chi connectivity index (χ4v) is 5.39. The zero-order chi connectivity index (χ0) is 24.1. The molecule has 0 N–H and O–H groups in total. The Morgan fingerprint density at radius 1 is 1.15 bits per heavy atom. The van der Waals surface area contributed by atoms with Crippen molar-refractivity contribution in [2.75, 3.05) is 26.7 Å². The molecule has 0 bridgehead atoms. The summed E-state index contributed by atoms with van der Waals surface area (Å²) in [5.74, 6) is 0.476. The molecule has 2 heterocycles. The van der Waals surface area contributed by atoms with Gasteiger partial charge < -0.3 is 14.5 Å². The van der Waals surface area contributed by atoms with Crippen molar-refractivity contribution in [3.63, 3.8) is 0 Å². The van der Waals surface area contributed by atoms with Gasteiger partial charge in [0, 0.05) is 23.5 Å². The maximum absolute atomic E-state index is 13.7. The van der Waals surface area contributed by atoms with E-state index in [9.17, 15) is 9.59 Å². The number of fused-ring (bicyclic) bond motifs is 1. The van der Waals surface area contributed by atoms with Gasteiger partial charge in [-0.25, -0.2) is 0 Å². The molecule has 5 nitrogen and oxygen atoms in total. The smallest absolute Gasteiger partial charge is 0.254 e. The van der Waals surface area contributed by atoms with Crippen LogP contribution in [0, 0.1) is 6.92 Å². The van der Waals surface area contributed by atoms with Crippen molar-refractivity contribution in [3.8, 4) is 5.75 Å². The zero-order valence-corrected chi connectivity index (χ0v) is 20.9. The molecule has 3 aromatic rings. The second kappa shape index (κ2) is 10.9. The Morgan fingerprint density at radius 2 is 1.94 bits per heavy atom. The van der Waals surface area contributed by atoms with E-state index in [-0.39, 0.29) is 24.4 Å². The third-order valence-corrected chi connectivity index (χ3v) is 7.39. The second-order valence-corrected chi connectivity index (χ2v) is 9.76. The highest BCUT2D eigenvalue weighted by Crippen LogP contribution is 2.38. The van der Waals surface area contributed by atoms with Crippen LogP contribution in [0.3, 0.4) is 0 Å². The number of hydrogen-bond donors (Lipinski definition) is 0. The molecule has 6 heteroatoms. The third-order valence-electron chi connectivity index (χ3n) is 6.39. The molecule has 0 fully saturated rings. The fraction of sp³-hybridized carbons (Fsp3) is 0.357. The molecule has 1 unspecified atom stereocenters. The van der Waals surface area contributed by atoms with Crippen LogP contribution >= 0.6 is 11.3 Å². The standard InChI is InChI=1S/C28H32N2O3S/c1-4-5-15-29(28(32)22-7-6-8-23(18-22)33-3)19-26(31)30-16-13-25-24(14-17-34-25)27(30)21-11-9-20(2)10-12-21/h6-12,14,17-18,27H,4-5,13,15-16,19H2,1-3H3. The van der Waals surface area contributed by atoms with Crippen molar-refractivity contribution < 1.29 is 14.3 Å². The van der Waals surface area contributed by atoms with Crippen molar-refractivity contribution in [1.29, 1.82) is 0 Å². The van der Waals surface area contributed by atoms with E-state index < -0.39 is 0 Å². The first-order chi connectivity index (χ1) is 16.5. The summed E-state index contributed by atoms with van der Waals surface area (Å²) < 4.78 is 5.29. The van der Waals surface area contributed by atoms with E-state index in [2.05, 4.69) is 49.6 Å². The summed E-state index contributed by atoms with van der Waals surface area (Å²) in [6.45, 7) is 5.42. The highest BCUT2D eigenvalue weighted by atomic mass is 32.1. The molecule has 0 saturated heterocycles. The summed E-state index contributed by atoms with van der Waals surface area (Å²) in [5.41, 5.74) is 4.04. The number of unbranched alkanes of at least 4 members (excludes halogenated alkanes) is 1. The maximum Gasteiger partial charge on any atom is 0.254 e. The van der Waals surface area contributed by atoms with Crippen LogP contribution < -0.4 is 4.74 Å². The number of hydrogen-bond acceptors (Lipinski definition) is 4. The normalized spacial score (nSPS) is 15.0. The first kappa shape index (κ1) is 24.0. The number of amides is 2. The van der Waals surface area contributed by atoms with Gasteiger partial charge in [0.05, 0.1) is 13.2 Å². The molecule has 178 valence electrons. The maximum atomic E-state index is 13.7. The summed E-state index contributed by atoms with van der Waals surface area (Å²) in [5, 5.41) is 2.11. The van der Waals surface area contributed by atoms with Gasteiger partial charge in [-0.05, 0) is 60.5 Å². The molecule has 2 amide bonds. The minimum absolute atomic E-state index is 0.0187. The Kier molecular flexibility index (Phi) is 7.68. The van der Waals surface area contributed by atoms with Gasteiger partial charge in [0.1, 0.15) is 12.3 Å². The second-order valence-electron chi connectivity index (χ2n) is 8.76. The first-order valence-corrected chi connectivity index (χ1v) is 12.8.